The van der Waals surface area contributed by atoms with Crippen LogP contribution in [0.15, 0.2) is 23.6 Å². The summed E-state index contributed by atoms with van der Waals surface area (Å²) in [7, 11) is -10.1. The summed E-state index contributed by atoms with van der Waals surface area (Å²) in [5.41, 5.74) is 47.8. The lowest BCUT2D eigenvalue weighted by Crippen LogP contribution is -2.68. The fraction of sp³-hybridized carbons (Fsp3) is 0.755. The number of imidazole rings is 2. The Morgan fingerprint density at radius 1 is 0.632 bits per heavy atom. The van der Waals surface area contributed by atoms with Gasteiger partial charge in [0.2, 0.25) is 11.9 Å². The summed E-state index contributed by atoms with van der Waals surface area (Å²) in [6.45, 7) is -2.55. The summed E-state index contributed by atoms with van der Waals surface area (Å²) in [6.07, 6.45) is -24.9. The smallest absolute Gasteiger partial charge is 0.472 e. The number of hydrogen-bond donors (Lipinski definition) is 18. The van der Waals surface area contributed by atoms with Crippen LogP contribution in [0.5, 0.6) is 5.88 Å². The molecule has 0 aromatic carbocycles. The number of nitrogen functional groups attached to an aromatic ring is 2. The molecule has 44 nitrogen and oxygen atoms in total. The summed E-state index contributed by atoms with van der Waals surface area (Å²) in [5, 5.41) is 97.6. The molecular formula is C49H78N19O25P2-. The molecule has 5 saturated heterocycles. The van der Waals surface area contributed by atoms with Crippen molar-refractivity contribution >= 4 is 49.9 Å². The maximum atomic E-state index is 13.6. The van der Waals surface area contributed by atoms with Crippen LogP contribution < -0.4 is 56.5 Å². The van der Waals surface area contributed by atoms with Gasteiger partial charge in [0.05, 0.1) is 69.0 Å². The van der Waals surface area contributed by atoms with Crippen LogP contribution >= 0.6 is 15.6 Å². The van der Waals surface area contributed by atoms with E-state index in [0.717, 1.165) is 0 Å². The first-order valence-electron chi connectivity index (χ1n) is 30.1. The third-order valence-electron chi connectivity index (χ3n) is 17.2. The van der Waals surface area contributed by atoms with Crippen LogP contribution in [0.1, 0.15) is 50.3 Å². The molecule has 5 aromatic rings. The summed E-state index contributed by atoms with van der Waals surface area (Å²) in [4.78, 5) is 56.6. The van der Waals surface area contributed by atoms with Crippen LogP contribution in [0.2, 0.25) is 0 Å². The number of nitrogens with two attached hydrogens (primary N) is 8. The zero-order valence-corrected chi connectivity index (χ0v) is 52.0. The quantitative estimate of drug-likeness (QED) is 0.0181. The number of aromatic nitrogens is 11. The highest BCUT2D eigenvalue weighted by Gasteiger charge is 2.55. The molecule has 0 bridgehead atoms. The molecule has 5 aliphatic heterocycles. The normalized spacial score (nSPS) is 38.3. The van der Waals surface area contributed by atoms with Crippen molar-refractivity contribution in [2.24, 2.45) is 34.4 Å². The molecule has 6 aliphatic rings. The molecule has 5 aromatic heterocycles. The van der Waals surface area contributed by atoms with Gasteiger partial charge < -0.3 is 134 Å². The number of hydrogen-bond acceptors (Lipinski definition) is 38. The van der Waals surface area contributed by atoms with Crippen LogP contribution in [0.4, 0.5) is 11.9 Å². The molecule has 46 heteroatoms. The van der Waals surface area contributed by atoms with Gasteiger partial charge in [0.1, 0.15) is 103 Å². The third-order valence-corrected chi connectivity index (χ3v) is 19.2. The van der Waals surface area contributed by atoms with Crippen LogP contribution in [0.25, 0.3) is 22.3 Å². The molecule has 2 unspecified atom stereocenters. The minimum atomic E-state index is -5.13. The first kappa shape index (κ1) is 71.1. The van der Waals surface area contributed by atoms with Gasteiger partial charge in [-0.25, -0.2) is 28.8 Å². The molecule has 1 saturated carbocycles. The molecule has 0 amide bonds. The summed E-state index contributed by atoms with van der Waals surface area (Å²) >= 11 is 0. The SMILES string of the molecule is NC[C@@H]1O[C@H](O[C@H]2[C@@H](O)[C@H](O[C@@H]3[C@@H](O)[C@H](N)C[C@H](N)[C@H]3O[C@H]3O[C@H](CN)[C@@H](O)[C@H](O)[C@H]3N)O[C@@H]2Cn2cc(CCCCOP(=O)(O)OC[C@H]3O[C@@H](n4cnc5c(=O)[nH]c(N)nc54)C[C@@H]3OP(=O)(O)OC[C@H]3O[C@@H](n4cnc5c([O-])nc(N)nc54)C[C@@H]3O)nn2)[C@H](N)[C@@H](O)[C@@H]1O. The van der Waals surface area contributed by atoms with E-state index in [-0.39, 0.29) is 92.6 Å². The predicted molar refractivity (Wildman–Crippen MR) is 311 cm³/mol. The zero-order valence-electron chi connectivity index (χ0n) is 50.2. The Hall–Kier alpha value is -5.18. The van der Waals surface area contributed by atoms with Crippen molar-refractivity contribution in [3.8, 4) is 5.88 Å². The highest BCUT2D eigenvalue weighted by molar-refractivity contribution is 7.47. The Balaban J connectivity index is 0.704. The fourth-order valence-electron chi connectivity index (χ4n) is 12.1. The average Bonchev–Trinajstić information content (AvgIpc) is 1.56. The van der Waals surface area contributed by atoms with Crippen LogP contribution in [0.3, 0.4) is 0 Å². The number of aliphatic hydroxyl groups excluding tert-OH is 7. The van der Waals surface area contributed by atoms with Gasteiger partial charge in [-0.1, -0.05) is 5.21 Å². The van der Waals surface area contributed by atoms with Crippen molar-refractivity contribution in [3.05, 3.63) is 34.9 Å². The highest BCUT2D eigenvalue weighted by Crippen LogP contribution is 2.51. The van der Waals surface area contributed by atoms with Gasteiger partial charge in [-0.2, -0.15) is 9.97 Å². The number of anilines is 2. The van der Waals surface area contributed by atoms with Crippen LogP contribution in [-0.2, 0) is 78.1 Å². The number of aliphatic hydroxyl groups is 7. The second-order valence-electron chi connectivity index (χ2n) is 23.7. The van der Waals surface area contributed by atoms with Crippen molar-refractivity contribution in [3.63, 3.8) is 0 Å². The van der Waals surface area contributed by atoms with Crippen molar-refractivity contribution in [2.75, 3.05) is 44.4 Å². The number of unbranched alkanes of at least 4 members (excludes halogenated alkanes) is 1. The third kappa shape index (κ3) is 15.5. The monoisotopic (exact) mass is 1390 g/mol. The van der Waals surface area contributed by atoms with Gasteiger partial charge in [-0.3, -0.25) is 37.0 Å². The Bertz CT molecular complexity index is 3580. The molecule has 530 valence electrons. The van der Waals surface area contributed by atoms with Crippen molar-refractivity contribution in [2.45, 2.75) is 198 Å². The zero-order chi connectivity index (χ0) is 68.1. The molecule has 10 heterocycles. The van der Waals surface area contributed by atoms with Crippen molar-refractivity contribution in [1.82, 2.24) is 54.0 Å². The van der Waals surface area contributed by atoms with Crippen molar-refractivity contribution < 1.29 is 116 Å². The number of phosphoric ester groups is 2. The number of fused-ring (bicyclic) bond motifs is 2. The Morgan fingerprint density at radius 3 is 1.89 bits per heavy atom. The van der Waals surface area contributed by atoms with Gasteiger partial charge in [-0.15, -0.1) is 5.10 Å². The number of nitrogens with one attached hydrogen (secondary N) is 1. The number of phosphoric acid groups is 2. The van der Waals surface area contributed by atoms with Gasteiger partial charge in [0, 0.05) is 50.1 Å². The van der Waals surface area contributed by atoms with Gasteiger partial charge in [-0.05, 0) is 25.7 Å². The van der Waals surface area contributed by atoms with E-state index in [1.165, 1.54) is 32.7 Å². The largest absolute Gasteiger partial charge is 0.857 e. The van der Waals surface area contributed by atoms with Gasteiger partial charge >= 0.3 is 15.6 Å². The minimum absolute atomic E-state index is 0.000766. The lowest BCUT2D eigenvalue weighted by Gasteiger charge is -2.47. The fourth-order valence-corrected chi connectivity index (χ4v) is 13.8. The molecule has 0 radical (unpaired) electrons. The van der Waals surface area contributed by atoms with Gasteiger partial charge in [0.15, 0.2) is 35.7 Å². The van der Waals surface area contributed by atoms with E-state index in [0.29, 0.717) is 12.1 Å². The standard InChI is InChI=1S/C49H79N19O25P2/c50-8-21-33(71)35(73)28(54)45(87-21)90-38-18(53)5-17(52)32(70)40(38)92-47-37(75)39(91-46-29(55)36(74)34(72)22(9-51)88-46)23(89-47)11-66-10-16(64-65-66)3-1-2-4-82-94(78,79)83-13-25-20(7-27(86-25)68-15-59-31-42(68)61-49(57)63-44(31)77)93-95(80,81)84-12-24-19(69)6-26(85-24)67-14-58-30-41(67)60-48(56)62-43(30)76/h10,14-15,17-29,32-40,45-47,69-75H,1-9,11-13,50-55H2,(H,78,79)(H,80,81)(H3,56,60,62,76)(H3,57,61,63,77)/p-1/t17-,18+,19+,20+,21-,22+,23-,24-,25-,26-,27-,28-,29-,32+,33-,34-,35-,36-,37-,38-,39-,40-,45-,46-,47+/m1/s1. The first-order valence-corrected chi connectivity index (χ1v) is 33.1. The first-order chi connectivity index (χ1) is 45.1. The molecule has 11 rings (SSSR count). The second-order valence-corrected chi connectivity index (χ2v) is 26.6. The Kier molecular flexibility index (Phi) is 22.0. The predicted octanol–water partition coefficient (Wildman–Crippen LogP) is -9.49. The molecule has 27 atom stereocenters. The number of ether oxygens (including phenoxy) is 8. The van der Waals surface area contributed by atoms with E-state index in [4.69, 9.17) is 102 Å². The molecule has 26 N–H and O–H groups in total. The lowest BCUT2D eigenvalue weighted by molar-refractivity contribution is -0.306. The van der Waals surface area contributed by atoms with Crippen LogP contribution in [0, 0.1) is 0 Å². The van der Waals surface area contributed by atoms with E-state index in [1.54, 1.807) is 0 Å². The number of rotatable bonds is 26. The summed E-state index contributed by atoms with van der Waals surface area (Å²) in [5.74, 6) is -1.34. The Labute approximate surface area is 536 Å². The maximum absolute atomic E-state index is 13.6. The van der Waals surface area contributed by atoms with Gasteiger partial charge in [0.25, 0.3) is 5.56 Å². The van der Waals surface area contributed by atoms with Crippen molar-refractivity contribution in [1.29, 1.82) is 0 Å². The summed E-state index contributed by atoms with van der Waals surface area (Å²) < 4.78 is 101. The topological polar surface area (TPSA) is 696 Å². The highest BCUT2D eigenvalue weighted by atomic mass is 31.2. The Morgan fingerprint density at radius 2 is 1.22 bits per heavy atom. The van der Waals surface area contributed by atoms with E-state index in [9.17, 15) is 64.6 Å². The number of aryl methyl sites for hydroxylation is 1. The van der Waals surface area contributed by atoms with E-state index in [2.05, 4.69) is 40.2 Å². The van der Waals surface area contributed by atoms with E-state index in [1.807, 2.05) is 0 Å². The molecule has 0 spiro atoms. The molecular weight excluding hydrogens is 1320 g/mol. The molecule has 1 aliphatic carbocycles. The second kappa shape index (κ2) is 29.3. The lowest BCUT2D eigenvalue weighted by atomic mass is 9.84. The number of H-pyrrole nitrogens is 1. The average molecular weight is 1400 g/mol. The maximum Gasteiger partial charge on any atom is 0.472 e. The molecule has 6 fully saturated rings. The van der Waals surface area contributed by atoms with Crippen LogP contribution in [-0.4, -0.2) is 273 Å². The molecule has 95 heavy (non-hydrogen) atoms. The number of nitrogens with zero attached hydrogens (tertiary/aromatic N) is 10. The van der Waals surface area contributed by atoms with E-state index < -0.39 is 193 Å². The number of aromatic amines is 1. The van der Waals surface area contributed by atoms with E-state index >= 15 is 0 Å². The minimum Gasteiger partial charge on any atom is -0.857 e. The summed E-state index contributed by atoms with van der Waals surface area (Å²) in [6, 6.07) is -4.66.